The zero-order chi connectivity index (χ0) is 17.0. The number of nitrogens with zero attached hydrogens (tertiary/aromatic N) is 2. The van der Waals surface area contributed by atoms with Crippen LogP contribution in [0, 0.1) is 17.0 Å². The van der Waals surface area contributed by atoms with Crippen LogP contribution in [0.3, 0.4) is 0 Å². The fraction of sp³-hybridized carbons (Fsp3) is 0.125. The molecule has 2 aromatic carbocycles. The van der Waals surface area contributed by atoms with Gasteiger partial charge in [0.25, 0.3) is 17.3 Å². The van der Waals surface area contributed by atoms with Gasteiger partial charge >= 0.3 is 0 Å². The highest BCUT2D eigenvalue weighted by Gasteiger charge is 2.25. The van der Waals surface area contributed by atoms with Crippen molar-refractivity contribution >= 4 is 35.4 Å². The second-order valence-electron chi connectivity index (χ2n) is 5.02. The molecule has 0 unspecified atom stereocenters. The second-order valence-corrected chi connectivity index (χ2v) is 5.02. The second kappa shape index (κ2) is 6.69. The number of hydrazone groups is 1. The number of para-hydroxylation sites is 1. The van der Waals surface area contributed by atoms with E-state index in [2.05, 4.69) is 17.5 Å². The molecule has 0 saturated carbocycles. The van der Waals surface area contributed by atoms with Crippen LogP contribution in [0.2, 0.25) is 0 Å². The molecule has 118 valence electrons. The quantitative estimate of drug-likeness (QED) is 0.384. The Hall–Kier alpha value is -3.22. The number of hydrazine groups is 1. The first-order chi connectivity index (χ1) is 10.9. The molecule has 0 aliphatic carbocycles. The number of amides is 1. The predicted octanol–water partition coefficient (Wildman–Crippen LogP) is 3.04. The Morgan fingerprint density at radius 1 is 1.17 bits per heavy atom. The summed E-state index contributed by atoms with van der Waals surface area (Å²) >= 11 is 0. The van der Waals surface area contributed by atoms with E-state index in [4.69, 9.17) is 0 Å². The fourth-order valence-electron chi connectivity index (χ4n) is 2.15. The zero-order valence-corrected chi connectivity index (χ0v) is 12.9. The summed E-state index contributed by atoms with van der Waals surface area (Å²) in [5.74, 6) is -0.326. The maximum Gasteiger partial charge on any atom is 0.299 e. The van der Waals surface area contributed by atoms with Gasteiger partial charge in [-0.05, 0) is 30.7 Å². The minimum atomic E-state index is -0.483. The molecule has 0 fully saturated rings. The molecule has 23 heavy (non-hydrogen) atoms. The molecule has 0 bridgehead atoms. The third-order valence-corrected chi connectivity index (χ3v) is 3.09. The van der Waals surface area contributed by atoms with Gasteiger partial charge in [0, 0.05) is 24.7 Å². The number of aryl methyl sites for hydroxylation is 1. The average molecular weight is 313 g/mol. The first-order valence-corrected chi connectivity index (χ1v) is 6.87. The Bertz CT molecular complexity index is 787. The minimum absolute atomic E-state index is 0.108. The number of carbonyl (C=O) groups excluding carboxylic acids is 1. The Morgan fingerprint density at radius 3 is 2.43 bits per heavy atom. The standard InChI is InChI=1S/C16H16N4O3/c1-11-6-4-7-13(10-11)17-16-14(19(3)18-12(2)21)8-5-9-15(16)20(22)23/h4-10,17H,3H2,1-2H3/p+1. The van der Waals surface area contributed by atoms with E-state index in [9.17, 15) is 14.9 Å². The number of hydrogen-bond acceptors (Lipinski definition) is 4. The molecular weight excluding hydrogens is 296 g/mol. The zero-order valence-electron chi connectivity index (χ0n) is 12.9. The van der Waals surface area contributed by atoms with Crippen LogP contribution in [0.25, 0.3) is 0 Å². The first-order valence-electron chi connectivity index (χ1n) is 6.87. The van der Waals surface area contributed by atoms with Gasteiger partial charge in [0.2, 0.25) is 0 Å². The number of carbonyl (C=O) groups is 1. The van der Waals surface area contributed by atoms with Gasteiger partial charge in [0.15, 0.2) is 12.4 Å². The first kappa shape index (κ1) is 16.2. The molecule has 2 N–H and O–H groups in total. The Morgan fingerprint density at radius 2 is 1.83 bits per heavy atom. The Kier molecular flexibility index (Phi) is 4.70. The van der Waals surface area contributed by atoms with Gasteiger partial charge in [-0.25, -0.2) is 0 Å². The molecule has 0 spiro atoms. The number of anilines is 2. The summed E-state index contributed by atoms with van der Waals surface area (Å²) in [4.78, 5) is 22.0. The monoisotopic (exact) mass is 313 g/mol. The normalized spacial score (nSPS) is 10.0. The lowest BCUT2D eigenvalue weighted by Crippen LogP contribution is -2.28. The molecule has 0 radical (unpaired) electrons. The van der Waals surface area contributed by atoms with Gasteiger partial charge in [-0.3, -0.25) is 14.9 Å². The smallest absolute Gasteiger partial charge is 0.299 e. The van der Waals surface area contributed by atoms with E-state index in [0.29, 0.717) is 11.4 Å². The Labute approximate surface area is 133 Å². The van der Waals surface area contributed by atoms with E-state index in [0.717, 1.165) is 5.56 Å². The summed E-state index contributed by atoms with van der Waals surface area (Å²) in [6, 6.07) is 12.0. The van der Waals surface area contributed by atoms with Crippen LogP contribution in [0.5, 0.6) is 0 Å². The van der Waals surface area contributed by atoms with Crippen molar-refractivity contribution in [2.24, 2.45) is 0 Å². The maximum absolute atomic E-state index is 11.3. The lowest BCUT2D eigenvalue weighted by atomic mass is 10.2. The third-order valence-electron chi connectivity index (χ3n) is 3.09. The van der Waals surface area contributed by atoms with Gasteiger partial charge < -0.3 is 5.32 Å². The van der Waals surface area contributed by atoms with E-state index in [1.807, 2.05) is 25.1 Å². The SMILES string of the molecule is C=[N+](NC(C)=O)c1cccc([N+](=O)[O-])c1Nc1cccc(C)c1. The molecule has 0 aliphatic rings. The number of nitro benzene ring substituents is 1. The third kappa shape index (κ3) is 3.91. The van der Waals surface area contributed by atoms with Crippen LogP contribution in [0.15, 0.2) is 42.5 Å². The van der Waals surface area contributed by atoms with Crippen LogP contribution in [0.4, 0.5) is 22.7 Å². The fourth-order valence-corrected chi connectivity index (χ4v) is 2.15. The summed E-state index contributed by atoms with van der Waals surface area (Å²) < 4.78 is 1.20. The highest BCUT2D eigenvalue weighted by molar-refractivity contribution is 5.79. The van der Waals surface area contributed by atoms with E-state index >= 15 is 0 Å². The van der Waals surface area contributed by atoms with Crippen molar-refractivity contribution in [3.63, 3.8) is 0 Å². The van der Waals surface area contributed by atoms with Gasteiger partial charge in [0.05, 0.1) is 4.92 Å². The van der Waals surface area contributed by atoms with E-state index in [1.165, 1.54) is 23.7 Å². The summed E-state index contributed by atoms with van der Waals surface area (Å²) in [5, 5.41) is 14.4. The highest BCUT2D eigenvalue weighted by Crippen LogP contribution is 2.35. The maximum atomic E-state index is 11.3. The lowest BCUT2D eigenvalue weighted by molar-refractivity contribution is -0.483. The van der Waals surface area contributed by atoms with Crippen LogP contribution < -0.4 is 10.7 Å². The van der Waals surface area contributed by atoms with Gasteiger partial charge in [-0.2, -0.15) is 0 Å². The Balaban J connectivity index is 2.51. The summed E-state index contributed by atoms with van der Waals surface area (Å²) in [5.41, 5.74) is 4.74. The number of nitro groups is 1. The van der Waals surface area contributed by atoms with Crippen LogP contribution in [-0.4, -0.2) is 22.2 Å². The van der Waals surface area contributed by atoms with Crippen molar-refractivity contribution in [1.29, 1.82) is 0 Å². The van der Waals surface area contributed by atoms with Gasteiger partial charge in [-0.15, -0.1) is 5.43 Å². The molecule has 0 atom stereocenters. The lowest BCUT2D eigenvalue weighted by Gasteiger charge is -2.10. The van der Waals surface area contributed by atoms with Crippen molar-refractivity contribution < 1.29 is 14.4 Å². The number of nitrogens with one attached hydrogen (secondary N) is 2. The van der Waals surface area contributed by atoms with E-state index in [1.54, 1.807) is 12.1 Å². The summed E-state index contributed by atoms with van der Waals surface area (Å²) in [6.07, 6.45) is 0. The molecule has 0 aromatic heterocycles. The molecular formula is C16H17N4O3+. The molecule has 7 heteroatoms. The minimum Gasteiger partial charge on any atom is -0.344 e. The number of rotatable bonds is 5. The topological polar surface area (TPSA) is 87.3 Å². The average Bonchev–Trinajstić information content (AvgIpc) is 2.46. The van der Waals surface area contributed by atoms with Crippen LogP contribution in [-0.2, 0) is 4.79 Å². The van der Waals surface area contributed by atoms with E-state index in [-0.39, 0.29) is 17.3 Å². The molecule has 0 aliphatic heterocycles. The van der Waals surface area contributed by atoms with Gasteiger partial charge in [0.1, 0.15) is 0 Å². The predicted molar refractivity (Wildman–Crippen MR) is 88.4 cm³/mol. The van der Waals surface area contributed by atoms with Gasteiger partial charge in [-0.1, -0.05) is 16.8 Å². The molecule has 7 nitrogen and oxygen atoms in total. The van der Waals surface area contributed by atoms with Crippen LogP contribution in [0.1, 0.15) is 12.5 Å². The molecule has 0 saturated heterocycles. The van der Waals surface area contributed by atoms with Crippen molar-refractivity contribution in [1.82, 2.24) is 5.43 Å². The number of benzene rings is 2. The van der Waals surface area contributed by atoms with Crippen LogP contribution >= 0.6 is 0 Å². The van der Waals surface area contributed by atoms with Crippen molar-refractivity contribution in [3.8, 4) is 0 Å². The largest absolute Gasteiger partial charge is 0.344 e. The molecule has 1 amide bonds. The molecule has 2 aromatic rings. The molecule has 2 rings (SSSR count). The van der Waals surface area contributed by atoms with Crippen molar-refractivity contribution in [2.75, 3.05) is 5.32 Å². The van der Waals surface area contributed by atoms with Crippen molar-refractivity contribution in [2.45, 2.75) is 13.8 Å². The molecule has 0 heterocycles. The highest BCUT2D eigenvalue weighted by atomic mass is 16.6. The van der Waals surface area contributed by atoms with Crippen molar-refractivity contribution in [3.05, 3.63) is 58.1 Å². The summed E-state index contributed by atoms with van der Waals surface area (Å²) in [7, 11) is 0. The van der Waals surface area contributed by atoms with E-state index < -0.39 is 4.92 Å². The number of hydrogen-bond donors (Lipinski definition) is 2. The summed E-state index contributed by atoms with van der Waals surface area (Å²) in [6.45, 7) is 6.97.